The lowest BCUT2D eigenvalue weighted by atomic mass is 10.3. The lowest BCUT2D eigenvalue weighted by Crippen LogP contribution is -2.49. The third-order valence-electron chi connectivity index (χ3n) is 4.70. The number of nitrogens with one attached hydrogen (secondary N) is 1. The Kier molecular flexibility index (Phi) is 5.94. The summed E-state index contributed by atoms with van der Waals surface area (Å²) in [5.74, 6) is 0.572. The number of para-hydroxylation sites is 1. The van der Waals surface area contributed by atoms with Gasteiger partial charge in [-0.3, -0.25) is 9.69 Å². The Balaban J connectivity index is 1.34. The number of hydrogen-bond donors (Lipinski definition) is 1. The van der Waals surface area contributed by atoms with Gasteiger partial charge >= 0.3 is 0 Å². The Morgan fingerprint density at radius 1 is 1.00 bits per heavy atom. The van der Waals surface area contributed by atoms with E-state index >= 15 is 0 Å². The van der Waals surface area contributed by atoms with Crippen LogP contribution in [0.3, 0.4) is 0 Å². The SMILES string of the molecule is O=C(CN1CCN(c2nnnn2-c2ccccc2)CC1)Nc1cccc(Cl)c1Cl. The van der Waals surface area contributed by atoms with Gasteiger partial charge < -0.3 is 10.2 Å². The van der Waals surface area contributed by atoms with Crippen molar-refractivity contribution in [3.8, 4) is 5.69 Å². The molecule has 1 aromatic heterocycles. The maximum Gasteiger partial charge on any atom is 0.250 e. The first-order chi connectivity index (χ1) is 14.1. The second-order valence-corrected chi connectivity index (χ2v) is 7.42. The molecule has 0 saturated carbocycles. The molecule has 4 rings (SSSR count). The fourth-order valence-corrected chi connectivity index (χ4v) is 3.56. The first-order valence-corrected chi connectivity index (χ1v) is 9.92. The van der Waals surface area contributed by atoms with Crippen LogP contribution in [-0.2, 0) is 4.79 Å². The highest BCUT2D eigenvalue weighted by Crippen LogP contribution is 2.29. The fraction of sp³-hybridized carbons (Fsp3) is 0.263. The van der Waals surface area contributed by atoms with E-state index in [2.05, 4.69) is 30.6 Å². The summed E-state index contributed by atoms with van der Waals surface area (Å²) in [6.45, 7) is 3.16. The second-order valence-electron chi connectivity index (χ2n) is 6.64. The smallest absolute Gasteiger partial charge is 0.250 e. The molecule has 0 unspecified atom stereocenters. The molecule has 2 heterocycles. The first-order valence-electron chi connectivity index (χ1n) is 9.17. The molecule has 1 fully saturated rings. The molecule has 150 valence electrons. The summed E-state index contributed by atoms with van der Waals surface area (Å²) in [6.07, 6.45) is 0. The molecular formula is C19H19Cl2N7O. The van der Waals surface area contributed by atoms with Crippen LogP contribution in [0.4, 0.5) is 11.6 Å². The molecule has 10 heteroatoms. The molecule has 8 nitrogen and oxygen atoms in total. The Labute approximate surface area is 178 Å². The van der Waals surface area contributed by atoms with E-state index in [1.165, 1.54) is 0 Å². The van der Waals surface area contributed by atoms with Crippen LogP contribution in [0.5, 0.6) is 0 Å². The van der Waals surface area contributed by atoms with Crippen molar-refractivity contribution in [1.29, 1.82) is 0 Å². The number of tetrazole rings is 1. The number of carbonyl (C=O) groups is 1. The molecule has 3 aromatic rings. The second kappa shape index (κ2) is 8.77. The van der Waals surface area contributed by atoms with Crippen molar-refractivity contribution in [3.05, 3.63) is 58.6 Å². The van der Waals surface area contributed by atoms with Gasteiger partial charge in [-0.1, -0.05) is 52.6 Å². The topological polar surface area (TPSA) is 79.2 Å². The summed E-state index contributed by atoms with van der Waals surface area (Å²) >= 11 is 12.1. The molecule has 1 aliphatic rings. The minimum Gasteiger partial charge on any atom is -0.337 e. The van der Waals surface area contributed by atoms with Gasteiger partial charge in [0.1, 0.15) is 0 Å². The van der Waals surface area contributed by atoms with Gasteiger partial charge in [-0.2, -0.15) is 4.68 Å². The molecule has 29 heavy (non-hydrogen) atoms. The summed E-state index contributed by atoms with van der Waals surface area (Å²) in [5, 5.41) is 15.7. The predicted molar refractivity (Wildman–Crippen MR) is 113 cm³/mol. The van der Waals surface area contributed by atoms with Crippen molar-refractivity contribution in [2.24, 2.45) is 0 Å². The Morgan fingerprint density at radius 3 is 2.52 bits per heavy atom. The average molecular weight is 432 g/mol. The number of piperazine rings is 1. The summed E-state index contributed by atoms with van der Waals surface area (Å²) in [4.78, 5) is 16.6. The molecule has 1 N–H and O–H groups in total. The summed E-state index contributed by atoms with van der Waals surface area (Å²) < 4.78 is 1.73. The molecule has 0 bridgehead atoms. The molecule has 1 saturated heterocycles. The minimum atomic E-state index is -0.128. The van der Waals surface area contributed by atoms with E-state index < -0.39 is 0 Å². The fourth-order valence-electron chi connectivity index (χ4n) is 3.22. The number of aromatic nitrogens is 4. The van der Waals surface area contributed by atoms with E-state index in [4.69, 9.17) is 23.2 Å². The third-order valence-corrected chi connectivity index (χ3v) is 5.52. The van der Waals surface area contributed by atoms with Crippen LogP contribution >= 0.6 is 23.2 Å². The molecule has 0 atom stereocenters. The van der Waals surface area contributed by atoms with E-state index in [-0.39, 0.29) is 12.5 Å². The van der Waals surface area contributed by atoms with Gasteiger partial charge in [0.15, 0.2) is 0 Å². The van der Waals surface area contributed by atoms with E-state index in [0.717, 1.165) is 31.9 Å². The number of anilines is 2. The van der Waals surface area contributed by atoms with Crippen LogP contribution < -0.4 is 10.2 Å². The number of nitrogens with zero attached hydrogens (tertiary/aromatic N) is 6. The van der Waals surface area contributed by atoms with Gasteiger partial charge in [-0.05, 0) is 34.7 Å². The summed E-state index contributed by atoms with van der Waals surface area (Å²) in [6, 6.07) is 14.9. The average Bonchev–Trinajstić information content (AvgIpc) is 3.22. The predicted octanol–water partition coefficient (Wildman–Crippen LogP) is 2.73. The molecule has 0 aliphatic carbocycles. The summed E-state index contributed by atoms with van der Waals surface area (Å²) in [5.41, 5.74) is 1.43. The van der Waals surface area contributed by atoms with Gasteiger partial charge in [-0.15, -0.1) is 0 Å². The van der Waals surface area contributed by atoms with Gasteiger partial charge in [0, 0.05) is 26.2 Å². The lowest BCUT2D eigenvalue weighted by Gasteiger charge is -2.34. The van der Waals surface area contributed by atoms with Gasteiger partial charge in [0.05, 0.1) is 28.0 Å². The summed E-state index contributed by atoms with van der Waals surface area (Å²) in [7, 11) is 0. The van der Waals surface area contributed by atoms with Crippen molar-refractivity contribution < 1.29 is 4.79 Å². The lowest BCUT2D eigenvalue weighted by molar-refractivity contribution is -0.117. The maximum atomic E-state index is 12.4. The van der Waals surface area contributed by atoms with Gasteiger partial charge in [0.25, 0.3) is 0 Å². The van der Waals surface area contributed by atoms with Crippen molar-refractivity contribution in [2.45, 2.75) is 0 Å². The van der Waals surface area contributed by atoms with Crippen LogP contribution in [0.15, 0.2) is 48.5 Å². The van der Waals surface area contributed by atoms with Crippen LogP contribution in [0.1, 0.15) is 0 Å². The number of rotatable bonds is 5. The van der Waals surface area contributed by atoms with Crippen LogP contribution in [0.25, 0.3) is 5.69 Å². The number of hydrogen-bond acceptors (Lipinski definition) is 6. The maximum absolute atomic E-state index is 12.4. The Bertz CT molecular complexity index is 987. The van der Waals surface area contributed by atoms with E-state index in [0.29, 0.717) is 21.7 Å². The molecule has 1 amide bonds. The highest BCUT2D eigenvalue weighted by atomic mass is 35.5. The van der Waals surface area contributed by atoms with E-state index in [1.54, 1.807) is 22.9 Å². The highest BCUT2D eigenvalue weighted by Gasteiger charge is 2.23. The van der Waals surface area contributed by atoms with Crippen molar-refractivity contribution in [3.63, 3.8) is 0 Å². The highest BCUT2D eigenvalue weighted by molar-refractivity contribution is 6.44. The zero-order valence-corrected chi connectivity index (χ0v) is 17.0. The normalized spacial score (nSPS) is 14.8. The number of halogens is 2. The standard InChI is InChI=1S/C19H19Cl2N7O/c20-15-7-4-8-16(18(15)21)22-17(29)13-26-9-11-27(12-10-26)19-23-24-25-28(19)14-5-2-1-3-6-14/h1-8H,9-13H2,(H,22,29). The molecule has 2 aromatic carbocycles. The van der Waals surface area contributed by atoms with Crippen molar-refractivity contribution in [1.82, 2.24) is 25.1 Å². The largest absolute Gasteiger partial charge is 0.337 e. The Morgan fingerprint density at radius 2 is 1.76 bits per heavy atom. The third kappa shape index (κ3) is 4.50. The van der Waals surface area contributed by atoms with Crippen LogP contribution in [-0.4, -0.2) is 63.7 Å². The van der Waals surface area contributed by atoms with Gasteiger partial charge in [0.2, 0.25) is 11.9 Å². The number of carbonyl (C=O) groups excluding carboxylic acids is 1. The Hall–Kier alpha value is -2.68. The van der Waals surface area contributed by atoms with Crippen LogP contribution in [0.2, 0.25) is 10.0 Å². The van der Waals surface area contributed by atoms with Crippen molar-refractivity contribution in [2.75, 3.05) is 42.9 Å². The monoisotopic (exact) mass is 431 g/mol. The zero-order chi connectivity index (χ0) is 20.2. The zero-order valence-electron chi connectivity index (χ0n) is 15.5. The molecular weight excluding hydrogens is 413 g/mol. The van der Waals surface area contributed by atoms with E-state index in [1.807, 2.05) is 30.3 Å². The molecule has 1 aliphatic heterocycles. The van der Waals surface area contributed by atoms with E-state index in [9.17, 15) is 4.79 Å². The van der Waals surface area contributed by atoms with Crippen LogP contribution in [0, 0.1) is 0 Å². The van der Waals surface area contributed by atoms with Gasteiger partial charge in [-0.25, -0.2) is 0 Å². The molecule has 0 radical (unpaired) electrons. The van der Waals surface area contributed by atoms with Crippen molar-refractivity contribution >= 4 is 40.7 Å². The molecule has 0 spiro atoms. The first kappa shape index (κ1) is 19.6. The number of amides is 1. The minimum absolute atomic E-state index is 0.128. The quantitative estimate of drug-likeness (QED) is 0.668. The number of benzene rings is 2.